The number of nitrogen functional groups attached to an aromatic ring is 1. The predicted molar refractivity (Wildman–Crippen MR) is 137 cm³/mol. The second kappa shape index (κ2) is 9.13. The van der Waals surface area contributed by atoms with Gasteiger partial charge in [0, 0.05) is 11.0 Å². The molecular weight excluding hydrogens is 524 g/mol. The number of nitrogens with one attached hydrogen (secondary N) is 1. The van der Waals surface area contributed by atoms with E-state index >= 15 is 0 Å². The summed E-state index contributed by atoms with van der Waals surface area (Å²) in [5.74, 6) is 1.18. The van der Waals surface area contributed by atoms with Gasteiger partial charge < -0.3 is 20.0 Å². The molecule has 0 radical (unpaired) electrons. The van der Waals surface area contributed by atoms with Gasteiger partial charge in [-0.05, 0) is 42.3 Å². The van der Waals surface area contributed by atoms with Crippen LogP contribution in [0.15, 0.2) is 51.7 Å². The molecule has 11 heteroatoms. The molecule has 0 aliphatic carbocycles. The monoisotopic (exact) mass is 540 g/mol. The van der Waals surface area contributed by atoms with Crippen molar-refractivity contribution in [1.29, 1.82) is 10.5 Å². The van der Waals surface area contributed by atoms with Crippen molar-refractivity contribution in [2.45, 2.75) is 13.0 Å². The van der Waals surface area contributed by atoms with Gasteiger partial charge in [0.25, 0.3) is 5.56 Å². The fraction of sp³-hybridized carbons (Fsp3) is 0.120. The number of aromatic nitrogens is 5. The van der Waals surface area contributed by atoms with Crippen LogP contribution < -0.4 is 16.0 Å². The van der Waals surface area contributed by atoms with Gasteiger partial charge in [-0.3, -0.25) is 4.79 Å². The maximum absolute atomic E-state index is 12.9. The molecule has 0 bridgehead atoms. The molecule has 3 aromatic heterocycles. The summed E-state index contributed by atoms with van der Waals surface area (Å²) in [5, 5.41) is 19.4. The fourth-order valence-electron chi connectivity index (χ4n) is 4.07. The van der Waals surface area contributed by atoms with Crippen molar-refractivity contribution in [1.82, 2.24) is 24.5 Å². The summed E-state index contributed by atoms with van der Waals surface area (Å²) in [6.07, 6.45) is 0.573. The largest absolute Gasteiger partial charge is 0.497 e. The van der Waals surface area contributed by atoms with E-state index in [0.29, 0.717) is 35.1 Å². The lowest BCUT2D eigenvalue weighted by molar-refractivity contribution is 0.414. The third-order valence-electron chi connectivity index (χ3n) is 5.79. The fourth-order valence-corrected chi connectivity index (χ4v) is 4.43. The third kappa shape index (κ3) is 3.91. The number of hydrogen-bond acceptors (Lipinski definition) is 8. The molecule has 2 aromatic carbocycles. The van der Waals surface area contributed by atoms with Crippen LogP contribution >= 0.6 is 15.9 Å². The number of H-pyrrole nitrogens is 1. The van der Waals surface area contributed by atoms with Crippen LogP contribution in [-0.4, -0.2) is 31.6 Å². The number of methoxy groups -OCH3 is 1. The van der Waals surface area contributed by atoms with E-state index in [1.165, 1.54) is 0 Å². The molecule has 0 fully saturated rings. The summed E-state index contributed by atoms with van der Waals surface area (Å²) in [7, 11) is 1.60. The molecule has 0 spiro atoms. The first-order valence-electron chi connectivity index (χ1n) is 10.8. The van der Waals surface area contributed by atoms with Crippen LogP contribution in [0, 0.1) is 22.7 Å². The number of aromatic amines is 1. The van der Waals surface area contributed by atoms with E-state index in [0.717, 1.165) is 15.8 Å². The number of fused-ring (bicyclic) bond motifs is 2. The number of benzene rings is 2. The Morgan fingerprint density at radius 3 is 2.64 bits per heavy atom. The smallest absolute Gasteiger partial charge is 0.259 e. The minimum atomic E-state index is -0.352. The highest BCUT2D eigenvalue weighted by Gasteiger charge is 2.24. The molecule has 5 aromatic rings. The third-order valence-corrected chi connectivity index (χ3v) is 6.28. The molecule has 36 heavy (non-hydrogen) atoms. The van der Waals surface area contributed by atoms with Gasteiger partial charge >= 0.3 is 0 Å². The number of hydrogen-bond donors (Lipinski definition) is 2. The molecule has 0 aliphatic heterocycles. The number of rotatable bonds is 5. The molecule has 5 rings (SSSR count). The van der Waals surface area contributed by atoms with Gasteiger partial charge in [0.1, 0.15) is 35.0 Å². The van der Waals surface area contributed by atoms with Gasteiger partial charge in [0.2, 0.25) is 0 Å². The molecule has 3 N–H and O–H groups in total. The summed E-state index contributed by atoms with van der Waals surface area (Å²) < 4.78 is 7.77. The molecular formula is C25H17BrN8O2. The zero-order valence-electron chi connectivity index (χ0n) is 18.9. The summed E-state index contributed by atoms with van der Waals surface area (Å²) in [6, 6.07) is 16.6. The van der Waals surface area contributed by atoms with E-state index < -0.39 is 0 Å². The molecule has 176 valence electrons. The molecule has 0 aliphatic rings. The molecule has 0 saturated carbocycles. The highest BCUT2D eigenvalue weighted by molar-refractivity contribution is 9.10. The minimum Gasteiger partial charge on any atom is -0.497 e. The standard InChI is InChI=1S/C25H17BrN8O2/c1-36-15-4-2-3-13(9-15)7-8-34-22(29)20(21-24(34)32-19(12-28)18(11-27)30-21)23-31-17-6-5-14(26)10-16(17)25(35)33-23/h2-6,9-10H,7-8,29H2,1H3,(H,31,33,35). The Hall–Kier alpha value is -4.74. The van der Waals surface area contributed by atoms with Crippen molar-refractivity contribution in [3.63, 3.8) is 0 Å². The summed E-state index contributed by atoms with van der Waals surface area (Å²) >= 11 is 3.37. The van der Waals surface area contributed by atoms with E-state index in [2.05, 4.69) is 35.9 Å². The number of nitrogens with two attached hydrogens (primary N) is 1. The highest BCUT2D eigenvalue weighted by Crippen LogP contribution is 2.34. The number of ether oxygens (including phenoxy) is 1. The zero-order valence-corrected chi connectivity index (χ0v) is 20.5. The molecule has 0 saturated heterocycles. The SMILES string of the molecule is COc1cccc(CCn2c(N)c(-c3nc4ccc(Br)cc4c(=O)[nH]3)c3nc(C#N)c(C#N)nc32)c1. The van der Waals surface area contributed by atoms with E-state index in [1.807, 2.05) is 36.4 Å². The number of aryl methyl sites for hydroxylation is 2. The maximum Gasteiger partial charge on any atom is 0.259 e. The first-order chi connectivity index (χ1) is 17.4. The van der Waals surface area contributed by atoms with Gasteiger partial charge in [0.15, 0.2) is 17.0 Å². The molecule has 10 nitrogen and oxygen atoms in total. The Morgan fingerprint density at radius 1 is 1.11 bits per heavy atom. The first-order valence-corrected chi connectivity index (χ1v) is 11.6. The quantitative estimate of drug-likeness (QED) is 0.341. The topological polar surface area (TPSA) is 159 Å². The van der Waals surface area contributed by atoms with E-state index in [1.54, 1.807) is 29.9 Å². The normalized spacial score (nSPS) is 10.9. The van der Waals surface area contributed by atoms with Gasteiger partial charge in [-0.2, -0.15) is 10.5 Å². The van der Waals surface area contributed by atoms with Gasteiger partial charge in [-0.25, -0.2) is 15.0 Å². The van der Waals surface area contributed by atoms with Crippen LogP contribution in [0.1, 0.15) is 17.0 Å². The van der Waals surface area contributed by atoms with Crippen molar-refractivity contribution in [2.24, 2.45) is 0 Å². The van der Waals surface area contributed by atoms with Crippen molar-refractivity contribution in [3.8, 4) is 29.3 Å². The summed E-state index contributed by atoms with van der Waals surface area (Å²) in [5.41, 5.74) is 8.39. The Bertz CT molecular complexity index is 1810. The van der Waals surface area contributed by atoms with Crippen molar-refractivity contribution in [2.75, 3.05) is 12.8 Å². The number of halogens is 1. The summed E-state index contributed by atoms with van der Waals surface area (Å²) in [6.45, 7) is 0.395. The summed E-state index contributed by atoms with van der Waals surface area (Å²) in [4.78, 5) is 29.0. The average Bonchev–Trinajstić information content (AvgIpc) is 3.16. The molecule has 0 amide bonds. The Labute approximate surface area is 212 Å². The van der Waals surface area contributed by atoms with Crippen LogP contribution in [0.5, 0.6) is 5.75 Å². The lowest BCUT2D eigenvalue weighted by Crippen LogP contribution is -2.11. The molecule has 0 atom stereocenters. The van der Waals surface area contributed by atoms with E-state index in [9.17, 15) is 15.3 Å². The number of anilines is 1. The van der Waals surface area contributed by atoms with Crippen molar-refractivity contribution in [3.05, 3.63) is 74.2 Å². The first kappa shape index (κ1) is 23.0. The maximum atomic E-state index is 12.9. The van der Waals surface area contributed by atoms with E-state index in [-0.39, 0.29) is 34.1 Å². The Morgan fingerprint density at radius 2 is 1.89 bits per heavy atom. The van der Waals surface area contributed by atoms with Gasteiger partial charge in [-0.15, -0.1) is 0 Å². The average molecular weight is 541 g/mol. The van der Waals surface area contributed by atoms with E-state index in [4.69, 9.17) is 10.5 Å². The van der Waals surface area contributed by atoms with Gasteiger partial charge in [0.05, 0.1) is 23.6 Å². The van der Waals surface area contributed by atoms with Crippen LogP contribution in [-0.2, 0) is 13.0 Å². The van der Waals surface area contributed by atoms with Crippen LogP contribution in [0.4, 0.5) is 5.82 Å². The van der Waals surface area contributed by atoms with Crippen molar-refractivity contribution >= 4 is 43.8 Å². The number of nitriles is 2. The van der Waals surface area contributed by atoms with Crippen LogP contribution in [0.25, 0.3) is 33.5 Å². The Kier molecular flexibility index (Phi) is 5.84. The molecule has 0 unspecified atom stereocenters. The zero-order chi connectivity index (χ0) is 25.4. The lowest BCUT2D eigenvalue weighted by atomic mass is 10.1. The van der Waals surface area contributed by atoms with Crippen LogP contribution in [0.3, 0.4) is 0 Å². The number of nitrogens with zero attached hydrogens (tertiary/aromatic N) is 6. The minimum absolute atomic E-state index is 0.110. The Balaban J connectivity index is 1.72. The van der Waals surface area contributed by atoms with Gasteiger partial charge in [-0.1, -0.05) is 28.1 Å². The lowest BCUT2D eigenvalue weighted by Gasteiger charge is -2.09. The second-order valence-corrected chi connectivity index (χ2v) is 8.82. The highest BCUT2D eigenvalue weighted by atomic mass is 79.9. The predicted octanol–water partition coefficient (Wildman–Crippen LogP) is 3.67. The molecule has 3 heterocycles. The van der Waals surface area contributed by atoms with Crippen LogP contribution in [0.2, 0.25) is 0 Å². The van der Waals surface area contributed by atoms with Crippen molar-refractivity contribution < 1.29 is 4.74 Å². The second-order valence-electron chi connectivity index (χ2n) is 7.91.